The zero-order chi connectivity index (χ0) is 21.7. The van der Waals surface area contributed by atoms with Crippen LogP contribution in [0.15, 0.2) is 23.2 Å². The second-order valence-electron chi connectivity index (χ2n) is 8.55. The Labute approximate surface area is 186 Å². The van der Waals surface area contributed by atoms with Gasteiger partial charge >= 0.3 is 0 Å². The lowest BCUT2D eigenvalue weighted by atomic mass is 10.1. The van der Waals surface area contributed by atoms with E-state index in [4.69, 9.17) is 4.74 Å². The molecule has 0 unspecified atom stereocenters. The molecular formula is C27H47NO2. The Morgan fingerprint density at radius 1 is 0.733 bits per heavy atom. The maximum Gasteiger partial charge on any atom is 0.128 e. The fourth-order valence-corrected chi connectivity index (χ4v) is 3.65. The van der Waals surface area contributed by atoms with Gasteiger partial charge in [-0.25, -0.2) is 0 Å². The highest BCUT2D eigenvalue weighted by molar-refractivity contribution is 5.83. The summed E-state index contributed by atoms with van der Waals surface area (Å²) in [4.78, 5) is 4.46. The number of nitrogens with zero attached hydrogens (tertiary/aromatic N) is 1. The molecule has 0 bridgehead atoms. The van der Waals surface area contributed by atoms with E-state index >= 15 is 0 Å². The third-order valence-electron chi connectivity index (χ3n) is 5.64. The number of benzene rings is 1. The monoisotopic (exact) mass is 417 g/mol. The van der Waals surface area contributed by atoms with Crippen molar-refractivity contribution in [3.8, 4) is 11.5 Å². The summed E-state index contributed by atoms with van der Waals surface area (Å²) in [6, 6.07) is 5.54. The predicted molar refractivity (Wildman–Crippen MR) is 131 cm³/mol. The van der Waals surface area contributed by atoms with Crippen molar-refractivity contribution >= 4 is 6.21 Å². The van der Waals surface area contributed by atoms with Gasteiger partial charge in [-0.2, -0.15) is 0 Å². The van der Waals surface area contributed by atoms with Crippen LogP contribution >= 0.6 is 0 Å². The van der Waals surface area contributed by atoms with E-state index in [-0.39, 0.29) is 5.75 Å². The SMILES string of the molecule is CCCCCCCCCCCCOc1ccc(C=NCCCCCCCC)c(O)c1. The van der Waals surface area contributed by atoms with Crippen molar-refractivity contribution in [3.05, 3.63) is 23.8 Å². The first-order chi connectivity index (χ1) is 14.8. The number of aromatic hydroxyl groups is 1. The van der Waals surface area contributed by atoms with E-state index in [0.717, 1.165) is 37.3 Å². The van der Waals surface area contributed by atoms with Gasteiger partial charge in [0, 0.05) is 24.4 Å². The summed E-state index contributed by atoms with van der Waals surface area (Å²) < 4.78 is 5.80. The van der Waals surface area contributed by atoms with E-state index in [1.807, 2.05) is 12.1 Å². The lowest BCUT2D eigenvalue weighted by Crippen LogP contribution is -1.97. The van der Waals surface area contributed by atoms with Crippen LogP contribution in [-0.4, -0.2) is 24.5 Å². The zero-order valence-corrected chi connectivity index (χ0v) is 19.8. The first kappa shape index (κ1) is 26.5. The standard InChI is InChI=1S/C27H47NO2/c1-3-5-7-9-11-12-13-14-16-18-22-30-26-20-19-25(27(29)23-26)24-28-21-17-15-10-8-6-4-2/h19-20,23-24,29H,3-18,21-22H2,1-2H3. The van der Waals surface area contributed by atoms with Crippen LogP contribution in [0.25, 0.3) is 0 Å². The second-order valence-corrected chi connectivity index (χ2v) is 8.55. The van der Waals surface area contributed by atoms with Crippen molar-refractivity contribution in [3.63, 3.8) is 0 Å². The minimum atomic E-state index is 0.252. The molecule has 1 N–H and O–H groups in total. The summed E-state index contributed by atoms with van der Waals surface area (Å²) in [5.74, 6) is 0.999. The molecule has 0 radical (unpaired) electrons. The van der Waals surface area contributed by atoms with E-state index < -0.39 is 0 Å². The molecule has 0 amide bonds. The van der Waals surface area contributed by atoms with Gasteiger partial charge in [-0.05, 0) is 25.0 Å². The van der Waals surface area contributed by atoms with Crippen molar-refractivity contribution in [1.29, 1.82) is 0 Å². The molecule has 3 heteroatoms. The van der Waals surface area contributed by atoms with Crippen LogP contribution in [0.4, 0.5) is 0 Å². The number of hydrogen-bond donors (Lipinski definition) is 1. The molecule has 0 saturated heterocycles. The molecule has 0 saturated carbocycles. The lowest BCUT2D eigenvalue weighted by Gasteiger charge is -2.08. The van der Waals surface area contributed by atoms with Crippen molar-refractivity contribution in [2.75, 3.05) is 13.2 Å². The summed E-state index contributed by atoms with van der Waals surface area (Å²) in [5.41, 5.74) is 0.771. The summed E-state index contributed by atoms with van der Waals surface area (Å²) in [5, 5.41) is 10.2. The molecule has 0 aromatic heterocycles. The molecule has 0 aliphatic rings. The van der Waals surface area contributed by atoms with Crippen molar-refractivity contribution < 1.29 is 9.84 Å². The Balaban J connectivity index is 2.08. The van der Waals surface area contributed by atoms with Crippen molar-refractivity contribution in [2.45, 2.75) is 117 Å². The van der Waals surface area contributed by atoms with E-state index in [1.165, 1.54) is 89.9 Å². The Hall–Kier alpha value is -1.51. The van der Waals surface area contributed by atoms with Gasteiger partial charge in [0.15, 0.2) is 0 Å². The third-order valence-corrected chi connectivity index (χ3v) is 5.64. The molecule has 0 aliphatic carbocycles. The molecule has 30 heavy (non-hydrogen) atoms. The van der Waals surface area contributed by atoms with Gasteiger partial charge in [0.05, 0.1) is 6.61 Å². The molecule has 0 aliphatic heterocycles. The Morgan fingerprint density at radius 3 is 1.83 bits per heavy atom. The number of aliphatic imine (C=N–C) groups is 1. The average molecular weight is 418 g/mol. The fourth-order valence-electron chi connectivity index (χ4n) is 3.65. The lowest BCUT2D eigenvalue weighted by molar-refractivity contribution is 0.302. The predicted octanol–water partition coefficient (Wildman–Crippen LogP) is 8.47. The number of phenols is 1. The summed E-state index contributed by atoms with van der Waals surface area (Å²) in [6.07, 6.45) is 22.7. The molecule has 0 fully saturated rings. The van der Waals surface area contributed by atoms with Gasteiger partial charge in [0.2, 0.25) is 0 Å². The van der Waals surface area contributed by atoms with Crippen LogP contribution in [0, 0.1) is 0 Å². The molecule has 0 heterocycles. The van der Waals surface area contributed by atoms with Crippen LogP contribution in [0.2, 0.25) is 0 Å². The molecule has 1 aromatic carbocycles. The van der Waals surface area contributed by atoms with Gasteiger partial charge in [0.1, 0.15) is 11.5 Å². The first-order valence-electron chi connectivity index (χ1n) is 12.7. The summed E-state index contributed by atoms with van der Waals surface area (Å²) in [6.45, 7) is 6.07. The Kier molecular flexibility index (Phi) is 17.2. The summed E-state index contributed by atoms with van der Waals surface area (Å²) >= 11 is 0. The highest BCUT2D eigenvalue weighted by Gasteiger charge is 2.02. The van der Waals surface area contributed by atoms with E-state index in [1.54, 1.807) is 12.3 Å². The van der Waals surface area contributed by atoms with E-state index in [9.17, 15) is 5.11 Å². The number of unbranched alkanes of at least 4 members (excludes halogenated alkanes) is 14. The van der Waals surface area contributed by atoms with E-state index in [2.05, 4.69) is 18.8 Å². The first-order valence-corrected chi connectivity index (χ1v) is 12.7. The molecule has 0 spiro atoms. The zero-order valence-electron chi connectivity index (χ0n) is 19.8. The molecule has 1 rings (SSSR count). The maximum atomic E-state index is 10.2. The topological polar surface area (TPSA) is 41.8 Å². The third kappa shape index (κ3) is 14.5. The normalized spacial score (nSPS) is 11.4. The molecule has 172 valence electrons. The van der Waals surface area contributed by atoms with Crippen molar-refractivity contribution in [2.24, 2.45) is 4.99 Å². The van der Waals surface area contributed by atoms with Gasteiger partial charge in [-0.15, -0.1) is 0 Å². The maximum absolute atomic E-state index is 10.2. The van der Waals surface area contributed by atoms with Crippen LogP contribution < -0.4 is 4.74 Å². The molecule has 0 atom stereocenters. The minimum absolute atomic E-state index is 0.252. The van der Waals surface area contributed by atoms with Crippen LogP contribution in [0.1, 0.15) is 122 Å². The van der Waals surface area contributed by atoms with Crippen molar-refractivity contribution in [1.82, 2.24) is 0 Å². The quantitative estimate of drug-likeness (QED) is 0.171. The van der Waals surface area contributed by atoms with Crippen LogP contribution in [0.5, 0.6) is 11.5 Å². The average Bonchev–Trinajstić information content (AvgIpc) is 2.75. The second kappa shape index (κ2) is 19.5. The summed E-state index contributed by atoms with van der Waals surface area (Å²) in [7, 11) is 0. The van der Waals surface area contributed by atoms with Crippen LogP contribution in [-0.2, 0) is 0 Å². The highest BCUT2D eigenvalue weighted by Crippen LogP contribution is 2.23. The minimum Gasteiger partial charge on any atom is -0.507 e. The van der Waals surface area contributed by atoms with Gasteiger partial charge < -0.3 is 9.84 Å². The molecule has 1 aromatic rings. The Morgan fingerprint density at radius 2 is 1.27 bits per heavy atom. The highest BCUT2D eigenvalue weighted by atomic mass is 16.5. The molecule has 3 nitrogen and oxygen atoms in total. The Bertz CT molecular complexity index is 542. The van der Waals surface area contributed by atoms with Gasteiger partial charge in [-0.1, -0.05) is 104 Å². The number of ether oxygens (including phenoxy) is 1. The number of hydrogen-bond acceptors (Lipinski definition) is 3. The fraction of sp³-hybridized carbons (Fsp3) is 0.741. The van der Waals surface area contributed by atoms with Gasteiger partial charge in [-0.3, -0.25) is 4.99 Å². The van der Waals surface area contributed by atoms with E-state index in [0.29, 0.717) is 0 Å². The molecular weight excluding hydrogens is 370 g/mol. The smallest absolute Gasteiger partial charge is 0.128 e. The number of rotatable bonds is 20. The van der Waals surface area contributed by atoms with Crippen LogP contribution in [0.3, 0.4) is 0 Å². The number of phenolic OH excluding ortho intramolecular Hbond substituents is 1. The largest absolute Gasteiger partial charge is 0.507 e. The van der Waals surface area contributed by atoms with Gasteiger partial charge in [0.25, 0.3) is 0 Å².